The summed E-state index contributed by atoms with van der Waals surface area (Å²) in [6, 6.07) is 16.5. The van der Waals surface area contributed by atoms with Crippen LogP contribution in [0.1, 0.15) is 21.5 Å². The third-order valence-electron chi connectivity index (χ3n) is 4.69. The van der Waals surface area contributed by atoms with Gasteiger partial charge in [0.2, 0.25) is 0 Å². The van der Waals surface area contributed by atoms with Gasteiger partial charge in [0.05, 0.1) is 15.8 Å². The van der Waals surface area contributed by atoms with E-state index >= 15 is 0 Å². The zero-order valence-electron chi connectivity index (χ0n) is 15.2. The molecule has 0 fully saturated rings. The molecule has 4 aromatic rings. The van der Waals surface area contributed by atoms with Gasteiger partial charge in [-0.3, -0.25) is 9.59 Å². The molecule has 3 nitrogen and oxygen atoms in total. The van der Waals surface area contributed by atoms with Crippen molar-refractivity contribution >= 4 is 27.3 Å². The van der Waals surface area contributed by atoms with E-state index < -0.39 is 11.7 Å². The second-order valence-corrected chi connectivity index (χ2v) is 7.60. The number of hydrogen-bond donors (Lipinski definition) is 0. The summed E-state index contributed by atoms with van der Waals surface area (Å²) in [7, 11) is 1.60. The highest BCUT2D eigenvalue weighted by molar-refractivity contribution is 7.22. The number of aromatic nitrogens is 1. The fourth-order valence-corrected chi connectivity index (χ4v) is 4.31. The second-order valence-electron chi connectivity index (χ2n) is 6.55. The lowest BCUT2D eigenvalue weighted by Crippen LogP contribution is -2.18. The van der Waals surface area contributed by atoms with Crippen LogP contribution in [0.15, 0.2) is 71.5 Å². The van der Waals surface area contributed by atoms with E-state index in [2.05, 4.69) is 0 Å². The van der Waals surface area contributed by atoms with Gasteiger partial charge in [-0.2, -0.15) is 13.2 Å². The summed E-state index contributed by atoms with van der Waals surface area (Å²) >= 11 is 1.27. The van der Waals surface area contributed by atoms with Crippen LogP contribution in [0.4, 0.5) is 13.2 Å². The van der Waals surface area contributed by atoms with Gasteiger partial charge < -0.3 is 4.57 Å². The molecule has 0 atom stereocenters. The molecule has 2 aromatic heterocycles. The summed E-state index contributed by atoms with van der Waals surface area (Å²) in [5, 5.41) is 0. The number of fused-ring (bicyclic) bond motifs is 1. The Morgan fingerprint density at radius 2 is 1.62 bits per heavy atom. The van der Waals surface area contributed by atoms with E-state index in [1.807, 2.05) is 0 Å². The average molecular weight is 413 g/mol. The van der Waals surface area contributed by atoms with Gasteiger partial charge in [-0.15, -0.1) is 11.3 Å². The largest absolute Gasteiger partial charge is 0.416 e. The molecule has 0 radical (unpaired) electrons. The van der Waals surface area contributed by atoms with Gasteiger partial charge in [0.15, 0.2) is 5.78 Å². The highest BCUT2D eigenvalue weighted by atomic mass is 32.1. The van der Waals surface area contributed by atoms with Crippen LogP contribution in [0.5, 0.6) is 0 Å². The van der Waals surface area contributed by atoms with Crippen molar-refractivity contribution in [3.05, 3.63) is 93.8 Å². The van der Waals surface area contributed by atoms with E-state index in [9.17, 15) is 22.8 Å². The SMILES string of the molecule is Cn1c(=O)cc(C(=O)c2ccccc2)c2sc(-c3ccc(C(F)(F)F)cc3)cc21. The Labute approximate surface area is 167 Å². The van der Waals surface area contributed by atoms with Crippen molar-refractivity contribution < 1.29 is 18.0 Å². The summed E-state index contributed by atoms with van der Waals surface area (Å²) in [4.78, 5) is 26.0. The molecule has 0 aliphatic heterocycles. The van der Waals surface area contributed by atoms with Gasteiger partial charge in [0.25, 0.3) is 5.56 Å². The molecule has 0 aliphatic rings. The van der Waals surface area contributed by atoms with Crippen LogP contribution in [-0.2, 0) is 13.2 Å². The monoisotopic (exact) mass is 413 g/mol. The Kier molecular flexibility index (Phi) is 4.62. The van der Waals surface area contributed by atoms with Crippen molar-refractivity contribution in [3.63, 3.8) is 0 Å². The minimum atomic E-state index is -4.40. The molecule has 0 saturated heterocycles. The highest BCUT2D eigenvalue weighted by Crippen LogP contribution is 2.37. The van der Waals surface area contributed by atoms with Crippen LogP contribution in [0, 0.1) is 0 Å². The summed E-state index contributed by atoms with van der Waals surface area (Å²) in [6.07, 6.45) is -4.40. The van der Waals surface area contributed by atoms with Gasteiger partial charge in [-0.05, 0) is 23.8 Å². The highest BCUT2D eigenvalue weighted by Gasteiger charge is 2.30. The molecule has 0 aliphatic carbocycles. The summed E-state index contributed by atoms with van der Waals surface area (Å²) in [6.45, 7) is 0. The van der Waals surface area contributed by atoms with Crippen molar-refractivity contribution in [1.82, 2.24) is 4.57 Å². The molecule has 0 spiro atoms. The quantitative estimate of drug-likeness (QED) is 0.415. The lowest BCUT2D eigenvalue weighted by atomic mass is 10.0. The number of aryl methyl sites for hydroxylation is 1. The molecule has 0 amide bonds. The fourth-order valence-electron chi connectivity index (χ4n) is 3.11. The van der Waals surface area contributed by atoms with Crippen molar-refractivity contribution in [1.29, 1.82) is 0 Å². The Bertz CT molecular complexity index is 1270. The number of carbonyl (C=O) groups excluding carboxylic acids is 1. The standard InChI is InChI=1S/C22H14F3NO2S/c1-26-17-12-18(13-7-9-15(10-8-13)22(23,24)25)29-21(17)16(11-19(26)27)20(28)14-5-3-2-4-6-14/h2-12H,1H3. The number of nitrogens with zero attached hydrogens (tertiary/aromatic N) is 1. The molecule has 2 heterocycles. The average Bonchev–Trinajstić information content (AvgIpc) is 3.16. The number of halogens is 3. The third kappa shape index (κ3) is 3.49. The first kappa shape index (κ1) is 19.1. The Hall–Kier alpha value is -3.19. The molecule has 0 saturated carbocycles. The smallest absolute Gasteiger partial charge is 0.310 e. The molecular formula is C22H14F3NO2S. The Balaban J connectivity index is 1.86. The van der Waals surface area contributed by atoms with E-state index in [1.54, 1.807) is 43.4 Å². The number of thiophene rings is 1. The number of rotatable bonds is 3. The van der Waals surface area contributed by atoms with Gasteiger partial charge in [-0.1, -0.05) is 42.5 Å². The molecular weight excluding hydrogens is 399 g/mol. The number of ketones is 1. The van der Waals surface area contributed by atoms with Crippen molar-refractivity contribution in [3.8, 4) is 10.4 Å². The van der Waals surface area contributed by atoms with Crippen LogP contribution >= 0.6 is 11.3 Å². The van der Waals surface area contributed by atoms with Crippen LogP contribution in [-0.4, -0.2) is 10.4 Å². The minimum absolute atomic E-state index is 0.269. The van der Waals surface area contributed by atoms with Gasteiger partial charge in [-0.25, -0.2) is 0 Å². The summed E-state index contributed by atoms with van der Waals surface area (Å²) in [5.41, 5.74) is 0.855. The van der Waals surface area contributed by atoms with Crippen molar-refractivity contribution in [2.24, 2.45) is 7.05 Å². The summed E-state index contributed by atoms with van der Waals surface area (Å²) < 4.78 is 40.5. The van der Waals surface area contributed by atoms with Gasteiger partial charge in [0, 0.05) is 29.1 Å². The molecule has 4 rings (SSSR count). The predicted octanol–water partition coefficient (Wildman–Crippen LogP) is 5.52. The van der Waals surface area contributed by atoms with E-state index in [0.717, 1.165) is 12.1 Å². The molecule has 146 valence electrons. The fraction of sp³-hybridized carbons (Fsp3) is 0.0909. The molecule has 7 heteroatoms. The molecule has 29 heavy (non-hydrogen) atoms. The minimum Gasteiger partial charge on any atom is -0.310 e. The van der Waals surface area contributed by atoms with Crippen LogP contribution in [0.25, 0.3) is 20.7 Å². The number of pyridine rings is 1. The van der Waals surface area contributed by atoms with E-state index in [4.69, 9.17) is 0 Å². The maximum atomic E-state index is 13.0. The zero-order chi connectivity index (χ0) is 20.8. The first-order valence-corrected chi connectivity index (χ1v) is 9.48. The number of carbonyl (C=O) groups is 1. The zero-order valence-corrected chi connectivity index (χ0v) is 16.0. The van der Waals surface area contributed by atoms with Crippen LogP contribution < -0.4 is 5.56 Å². The topological polar surface area (TPSA) is 39.1 Å². The molecule has 0 N–H and O–H groups in total. The number of alkyl halides is 3. The number of hydrogen-bond acceptors (Lipinski definition) is 3. The van der Waals surface area contributed by atoms with E-state index in [-0.39, 0.29) is 16.9 Å². The first-order valence-electron chi connectivity index (χ1n) is 8.66. The van der Waals surface area contributed by atoms with Crippen molar-refractivity contribution in [2.75, 3.05) is 0 Å². The van der Waals surface area contributed by atoms with Crippen LogP contribution in [0.3, 0.4) is 0 Å². The lowest BCUT2D eigenvalue weighted by molar-refractivity contribution is -0.137. The Morgan fingerprint density at radius 1 is 0.966 bits per heavy atom. The first-order chi connectivity index (χ1) is 13.8. The molecule has 0 unspecified atom stereocenters. The van der Waals surface area contributed by atoms with Gasteiger partial charge >= 0.3 is 6.18 Å². The predicted molar refractivity (Wildman–Crippen MR) is 107 cm³/mol. The lowest BCUT2D eigenvalue weighted by Gasteiger charge is -2.06. The Morgan fingerprint density at radius 3 is 2.24 bits per heavy atom. The maximum Gasteiger partial charge on any atom is 0.416 e. The molecule has 2 aromatic carbocycles. The molecule has 0 bridgehead atoms. The third-order valence-corrected chi connectivity index (χ3v) is 5.90. The van der Waals surface area contributed by atoms with Gasteiger partial charge in [0.1, 0.15) is 0 Å². The number of benzene rings is 2. The van der Waals surface area contributed by atoms with E-state index in [1.165, 1.54) is 34.1 Å². The normalized spacial score (nSPS) is 11.7. The van der Waals surface area contributed by atoms with Crippen LogP contribution in [0.2, 0.25) is 0 Å². The maximum absolute atomic E-state index is 13.0. The van der Waals surface area contributed by atoms with E-state index in [0.29, 0.717) is 26.2 Å². The second kappa shape index (κ2) is 7.00. The van der Waals surface area contributed by atoms with Crippen molar-refractivity contribution in [2.45, 2.75) is 6.18 Å². The summed E-state index contributed by atoms with van der Waals surface area (Å²) in [5.74, 6) is -0.269.